The van der Waals surface area contributed by atoms with Gasteiger partial charge >= 0.3 is 0 Å². The molecule has 0 aromatic carbocycles. The summed E-state index contributed by atoms with van der Waals surface area (Å²) in [6.07, 6.45) is 5.76. The summed E-state index contributed by atoms with van der Waals surface area (Å²) in [5.74, 6) is 1.27. The molecule has 0 saturated carbocycles. The molecule has 2 aliphatic heterocycles. The first-order valence-electron chi connectivity index (χ1n) is 9.46. The van der Waals surface area contributed by atoms with Crippen LogP contribution in [0.25, 0.3) is 0 Å². The van der Waals surface area contributed by atoms with E-state index in [4.69, 9.17) is 0 Å². The third-order valence-corrected chi connectivity index (χ3v) is 6.65. The van der Waals surface area contributed by atoms with Crippen molar-refractivity contribution in [1.82, 2.24) is 24.7 Å². The van der Waals surface area contributed by atoms with Crippen molar-refractivity contribution in [2.24, 2.45) is 7.05 Å². The van der Waals surface area contributed by atoms with Gasteiger partial charge in [0.05, 0.1) is 18.6 Å². The molecule has 2 atom stereocenters. The van der Waals surface area contributed by atoms with E-state index in [0.717, 1.165) is 44.8 Å². The minimum absolute atomic E-state index is 0. The van der Waals surface area contributed by atoms with Crippen LogP contribution in [0, 0.1) is 0 Å². The fourth-order valence-corrected chi connectivity index (χ4v) is 5.22. The normalized spacial score (nSPS) is 23.0. The maximum absolute atomic E-state index is 13.2. The number of imidazole rings is 1. The van der Waals surface area contributed by atoms with Crippen molar-refractivity contribution in [3.8, 4) is 0 Å². The molecule has 148 valence electrons. The minimum atomic E-state index is 0. The molecule has 1 N–H and O–H groups in total. The summed E-state index contributed by atoms with van der Waals surface area (Å²) >= 11 is 1.83. The van der Waals surface area contributed by atoms with Crippen molar-refractivity contribution in [3.63, 3.8) is 0 Å². The Morgan fingerprint density at radius 1 is 1.41 bits per heavy atom. The van der Waals surface area contributed by atoms with Crippen LogP contribution >= 0.6 is 23.7 Å². The van der Waals surface area contributed by atoms with Gasteiger partial charge in [0, 0.05) is 50.5 Å². The van der Waals surface area contributed by atoms with Gasteiger partial charge in [0.15, 0.2) is 0 Å². The predicted molar refractivity (Wildman–Crippen MR) is 110 cm³/mol. The highest BCUT2D eigenvalue weighted by atomic mass is 35.5. The third-order valence-electron chi connectivity index (χ3n) is 5.65. The molecule has 1 saturated heterocycles. The summed E-state index contributed by atoms with van der Waals surface area (Å²) in [6.45, 7) is 6.11. The Bertz CT molecular complexity index is 776. The van der Waals surface area contributed by atoms with Gasteiger partial charge < -0.3 is 14.8 Å². The number of hydrogen-bond acceptors (Lipinski definition) is 5. The van der Waals surface area contributed by atoms with Crippen molar-refractivity contribution < 1.29 is 4.79 Å². The smallest absolute Gasteiger partial charge is 0.237 e. The lowest BCUT2D eigenvalue weighted by atomic mass is 9.97. The Kier molecular flexibility index (Phi) is 6.57. The van der Waals surface area contributed by atoms with Crippen molar-refractivity contribution in [2.75, 3.05) is 32.7 Å². The number of hydrogen-bond donors (Lipinski definition) is 1. The van der Waals surface area contributed by atoms with Gasteiger partial charge in [0.2, 0.25) is 5.91 Å². The molecule has 1 fully saturated rings. The highest BCUT2D eigenvalue weighted by molar-refractivity contribution is 7.10. The first-order chi connectivity index (χ1) is 12.7. The second-order valence-corrected chi connectivity index (χ2v) is 8.15. The minimum Gasteiger partial charge on any atom is -0.337 e. The number of aryl methyl sites for hydroxylation is 1. The van der Waals surface area contributed by atoms with Crippen LogP contribution in [0.3, 0.4) is 0 Å². The van der Waals surface area contributed by atoms with Gasteiger partial charge in [-0.25, -0.2) is 4.98 Å². The summed E-state index contributed by atoms with van der Waals surface area (Å²) in [4.78, 5) is 23.6. The van der Waals surface area contributed by atoms with E-state index in [1.54, 1.807) is 0 Å². The highest BCUT2D eigenvalue weighted by Gasteiger charge is 2.34. The molecular formula is C19H28ClN5OS. The lowest BCUT2D eigenvalue weighted by molar-refractivity contribution is -0.136. The van der Waals surface area contributed by atoms with E-state index in [1.807, 2.05) is 30.8 Å². The van der Waals surface area contributed by atoms with Gasteiger partial charge in [0.25, 0.3) is 0 Å². The fraction of sp³-hybridized carbons (Fsp3) is 0.579. The quantitative estimate of drug-likeness (QED) is 0.842. The number of carbonyl (C=O) groups is 1. The van der Waals surface area contributed by atoms with Crippen molar-refractivity contribution in [2.45, 2.75) is 31.8 Å². The first-order valence-corrected chi connectivity index (χ1v) is 10.3. The van der Waals surface area contributed by atoms with Gasteiger partial charge in [-0.15, -0.1) is 23.7 Å². The Balaban J connectivity index is 0.00000210. The van der Waals surface area contributed by atoms with Gasteiger partial charge in [-0.05, 0) is 29.9 Å². The van der Waals surface area contributed by atoms with Crippen LogP contribution in [0.5, 0.6) is 0 Å². The molecule has 4 rings (SSSR count). The fourth-order valence-electron chi connectivity index (χ4n) is 4.29. The molecule has 8 heteroatoms. The van der Waals surface area contributed by atoms with E-state index >= 15 is 0 Å². The second-order valence-electron chi connectivity index (χ2n) is 7.15. The summed E-state index contributed by atoms with van der Waals surface area (Å²) in [6, 6.07) is 2.58. The number of carbonyl (C=O) groups excluding carboxylic acids is 1. The van der Waals surface area contributed by atoms with E-state index in [2.05, 4.69) is 43.0 Å². The monoisotopic (exact) mass is 409 g/mol. The maximum Gasteiger partial charge on any atom is 0.237 e. The molecule has 27 heavy (non-hydrogen) atoms. The van der Waals surface area contributed by atoms with Crippen LogP contribution in [0.15, 0.2) is 23.8 Å². The zero-order valence-corrected chi connectivity index (χ0v) is 17.6. The summed E-state index contributed by atoms with van der Waals surface area (Å²) < 4.78 is 2.06. The van der Waals surface area contributed by atoms with Crippen molar-refractivity contribution >= 4 is 29.7 Å². The number of nitrogens with zero attached hydrogens (tertiary/aromatic N) is 4. The highest BCUT2D eigenvalue weighted by Crippen LogP contribution is 2.35. The zero-order valence-electron chi connectivity index (χ0n) is 15.9. The van der Waals surface area contributed by atoms with Crippen LogP contribution in [0.2, 0.25) is 0 Å². The number of amides is 1. The summed E-state index contributed by atoms with van der Waals surface area (Å²) in [7, 11) is 2.02. The number of rotatable bonds is 4. The maximum atomic E-state index is 13.2. The number of thiophene rings is 1. The number of fused-ring (bicyclic) bond motifs is 1. The number of piperazine rings is 1. The molecule has 2 aromatic rings. The Hall–Kier alpha value is -1.41. The van der Waals surface area contributed by atoms with Crippen LogP contribution in [0.4, 0.5) is 0 Å². The summed E-state index contributed by atoms with van der Waals surface area (Å²) in [5, 5.41) is 5.61. The molecule has 2 aromatic heterocycles. The van der Waals surface area contributed by atoms with E-state index in [1.165, 1.54) is 10.4 Å². The van der Waals surface area contributed by atoms with Gasteiger partial charge in [-0.2, -0.15) is 0 Å². The predicted octanol–water partition coefficient (Wildman–Crippen LogP) is 2.39. The molecule has 2 unspecified atom stereocenters. The Labute approximate surface area is 171 Å². The standard InChI is InChI=1S/C19H27N5OS.ClH/c1-3-15-14-5-11-26-17(14)4-8-24(15)18(25)13-23-10-6-20-12-16(23)19-21-7-9-22(19)2;/h5,7,9,11,15-16,20H,3-4,6,8,10,12-13H2,1-2H3;1H. The number of halogens is 1. The van der Waals surface area contributed by atoms with E-state index in [-0.39, 0.29) is 30.4 Å². The molecule has 4 heterocycles. The summed E-state index contributed by atoms with van der Waals surface area (Å²) in [5.41, 5.74) is 1.36. The Morgan fingerprint density at radius 3 is 3.00 bits per heavy atom. The lowest BCUT2D eigenvalue weighted by Gasteiger charge is -2.39. The molecular weight excluding hydrogens is 382 g/mol. The lowest BCUT2D eigenvalue weighted by Crippen LogP contribution is -2.51. The molecule has 6 nitrogen and oxygen atoms in total. The van der Waals surface area contributed by atoms with Gasteiger partial charge in [-0.3, -0.25) is 9.69 Å². The number of aromatic nitrogens is 2. The van der Waals surface area contributed by atoms with Gasteiger partial charge in [0.1, 0.15) is 5.82 Å². The topological polar surface area (TPSA) is 53.4 Å². The first kappa shape index (κ1) is 20.3. The Morgan fingerprint density at radius 2 is 2.26 bits per heavy atom. The average molecular weight is 410 g/mol. The second kappa shape index (κ2) is 8.73. The van der Waals surface area contributed by atoms with Crippen LogP contribution in [-0.2, 0) is 18.3 Å². The molecule has 0 bridgehead atoms. The molecule has 1 amide bonds. The van der Waals surface area contributed by atoms with Crippen LogP contribution in [-0.4, -0.2) is 58.0 Å². The van der Waals surface area contributed by atoms with E-state index < -0.39 is 0 Å². The largest absolute Gasteiger partial charge is 0.337 e. The number of nitrogens with one attached hydrogen (secondary N) is 1. The molecule has 0 radical (unpaired) electrons. The average Bonchev–Trinajstić information content (AvgIpc) is 3.30. The van der Waals surface area contributed by atoms with Crippen LogP contribution in [0.1, 0.15) is 41.7 Å². The molecule has 0 aliphatic carbocycles. The van der Waals surface area contributed by atoms with Crippen LogP contribution < -0.4 is 5.32 Å². The van der Waals surface area contributed by atoms with E-state index in [0.29, 0.717) is 6.54 Å². The molecule has 2 aliphatic rings. The SMILES string of the molecule is CCC1c2ccsc2CCN1C(=O)CN1CCNCC1c1nccn1C.Cl. The van der Waals surface area contributed by atoms with E-state index in [9.17, 15) is 4.79 Å². The van der Waals surface area contributed by atoms with Gasteiger partial charge in [-0.1, -0.05) is 6.92 Å². The third kappa shape index (κ3) is 3.92. The zero-order chi connectivity index (χ0) is 18.1. The van der Waals surface area contributed by atoms with Crippen molar-refractivity contribution in [3.05, 3.63) is 40.1 Å². The molecule has 0 spiro atoms. The van der Waals surface area contributed by atoms with Crippen molar-refractivity contribution in [1.29, 1.82) is 0 Å².